The van der Waals surface area contributed by atoms with E-state index in [9.17, 15) is 14.7 Å². The number of benzene rings is 1. The Morgan fingerprint density at radius 1 is 1.33 bits per heavy atom. The molecule has 0 spiro atoms. The smallest absolute Gasteiger partial charge is 0.337 e. The lowest BCUT2D eigenvalue weighted by Gasteiger charge is -2.14. The molecule has 0 bridgehead atoms. The molecule has 1 aliphatic rings. The van der Waals surface area contributed by atoms with E-state index < -0.39 is 5.97 Å². The van der Waals surface area contributed by atoms with Gasteiger partial charge in [-0.3, -0.25) is 0 Å². The molecule has 114 valence electrons. The van der Waals surface area contributed by atoms with Crippen LogP contribution in [0.3, 0.4) is 0 Å². The first-order valence-electron chi connectivity index (χ1n) is 7.10. The zero-order chi connectivity index (χ0) is 15.8. The van der Waals surface area contributed by atoms with E-state index in [1.165, 1.54) is 0 Å². The second-order valence-corrected chi connectivity index (χ2v) is 6.53. The van der Waals surface area contributed by atoms with E-state index in [1.54, 1.807) is 13.0 Å². The summed E-state index contributed by atoms with van der Waals surface area (Å²) in [6, 6.07) is 3.06. The average molecular weight is 290 g/mol. The first-order valence-corrected chi connectivity index (χ1v) is 7.10. The van der Waals surface area contributed by atoms with Gasteiger partial charge in [-0.05, 0) is 48.8 Å². The van der Waals surface area contributed by atoms with Gasteiger partial charge in [0, 0.05) is 6.54 Å². The van der Waals surface area contributed by atoms with Crippen LogP contribution >= 0.6 is 0 Å². The van der Waals surface area contributed by atoms with Crippen LogP contribution in [-0.2, 0) is 0 Å². The first kappa shape index (κ1) is 15.4. The molecule has 1 saturated carbocycles. The molecule has 0 saturated heterocycles. The van der Waals surface area contributed by atoms with Gasteiger partial charge < -0.3 is 15.7 Å². The van der Waals surface area contributed by atoms with Gasteiger partial charge in [0.2, 0.25) is 0 Å². The summed E-state index contributed by atoms with van der Waals surface area (Å²) in [5.41, 5.74) is 2.39. The van der Waals surface area contributed by atoms with Crippen LogP contribution in [-0.4, -0.2) is 23.7 Å². The molecule has 2 rings (SSSR count). The third kappa shape index (κ3) is 3.54. The molecule has 2 amide bonds. The van der Waals surface area contributed by atoms with Gasteiger partial charge >= 0.3 is 12.0 Å². The predicted molar refractivity (Wildman–Crippen MR) is 81.8 cm³/mol. The van der Waals surface area contributed by atoms with Crippen molar-refractivity contribution in [2.75, 3.05) is 11.9 Å². The Hall–Kier alpha value is -2.04. The van der Waals surface area contributed by atoms with Gasteiger partial charge in [-0.15, -0.1) is 0 Å². The van der Waals surface area contributed by atoms with Crippen molar-refractivity contribution in [1.82, 2.24) is 5.32 Å². The number of urea groups is 1. The number of carbonyl (C=O) groups is 2. The van der Waals surface area contributed by atoms with Gasteiger partial charge in [0.05, 0.1) is 11.3 Å². The molecule has 1 unspecified atom stereocenters. The van der Waals surface area contributed by atoms with Crippen molar-refractivity contribution in [2.45, 2.75) is 34.1 Å². The third-order valence-electron chi connectivity index (χ3n) is 4.18. The Kier molecular flexibility index (Phi) is 3.94. The Bertz CT molecular complexity index is 593. The number of carbonyl (C=O) groups excluding carboxylic acids is 1. The molecule has 0 radical (unpaired) electrons. The maximum Gasteiger partial charge on any atom is 0.337 e. The van der Waals surface area contributed by atoms with Crippen molar-refractivity contribution in [3.63, 3.8) is 0 Å². The summed E-state index contributed by atoms with van der Waals surface area (Å²) < 4.78 is 0. The van der Waals surface area contributed by atoms with Crippen LogP contribution in [0.25, 0.3) is 0 Å². The highest BCUT2D eigenvalue weighted by Crippen LogP contribution is 2.50. The highest BCUT2D eigenvalue weighted by Gasteiger charge is 2.45. The standard InChI is InChI=1S/C16H22N2O3/c1-9-5-10(2)13(12(6-9)14(19)20)18-15(21)17-8-11-7-16(11,3)4/h5-6,11H,7-8H2,1-4H3,(H,19,20)(H2,17,18,21). The topological polar surface area (TPSA) is 78.4 Å². The maximum atomic E-state index is 12.0. The van der Waals surface area contributed by atoms with E-state index in [-0.39, 0.29) is 11.6 Å². The molecule has 0 aromatic heterocycles. The van der Waals surface area contributed by atoms with Crippen molar-refractivity contribution < 1.29 is 14.7 Å². The lowest BCUT2D eigenvalue weighted by Crippen LogP contribution is -2.32. The van der Waals surface area contributed by atoms with E-state index >= 15 is 0 Å². The van der Waals surface area contributed by atoms with E-state index in [1.807, 2.05) is 13.0 Å². The fourth-order valence-corrected chi connectivity index (χ4v) is 2.60. The quantitative estimate of drug-likeness (QED) is 0.797. The monoisotopic (exact) mass is 290 g/mol. The summed E-state index contributed by atoms with van der Waals surface area (Å²) in [5, 5.41) is 14.7. The second kappa shape index (κ2) is 5.39. The van der Waals surface area contributed by atoms with Crippen LogP contribution < -0.4 is 10.6 Å². The van der Waals surface area contributed by atoms with Gasteiger partial charge in [-0.25, -0.2) is 9.59 Å². The minimum Gasteiger partial charge on any atom is -0.478 e. The van der Waals surface area contributed by atoms with Gasteiger partial charge in [0.1, 0.15) is 0 Å². The summed E-state index contributed by atoms with van der Waals surface area (Å²) in [6.45, 7) is 8.58. The number of hydrogen-bond acceptors (Lipinski definition) is 2. The van der Waals surface area contributed by atoms with Crippen molar-refractivity contribution >= 4 is 17.7 Å². The predicted octanol–water partition coefficient (Wildman–Crippen LogP) is 3.17. The van der Waals surface area contributed by atoms with Crippen LogP contribution in [0.2, 0.25) is 0 Å². The van der Waals surface area contributed by atoms with Crippen molar-refractivity contribution in [3.05, 3.63) is 28.8 Å². The SMILES string of the molecule is Cc1cc(C)c(NC(=O)NCC2CC2(C)C)c(C(=O)O)c1. The van der Waals surface area contributed by atoms with Crippen LogP contribution in [0.5, 0.6) is 0 Å². The molecule has 3 N–H and O–H groups in total. The van der Waals surface area contributed by atoms with E-state index in [4.69, 9.17) is 0 Å². The molecular weight excluding hydrogens is 268 g/mol. The van der Waals surface area contributed by atoms with E-state index in [0.717, 1.165) is 17.5 Å². The number of aromatic carboxylic acids is 1. The van der Waals surface area contributed by atoms with Crippen LogP contribution in [0.15, 0.2) is 12.1 Å². The highest BCUT2D eigenvalue weighted by molar-refractivity contribution is 6.01. The van der Waals surface area contributed by atoms with Gasteiger partial charge in [0.15, 0.2) is 0 Å². The molecule has 5 heteroatoms. The van der Waals surface area contributed by atoms with E-state index in [2.05, 4.69) is 24.5 Å². The zero-order valence-corrected chi connectivity index (χ0v) is 12.9. The van der Waals surface area contributed by atoms with Crippen molar-refractivity contribution in [2.24, 2.45) is 11.3 Å². The number of hydrogen-bond donors (Lipinski definition) is 3. The summed E-state index contributed by atoms with van der Waals surface area (Å²) >= 11 is 0. The van der Waals surface area contributed by atoms with Crippen molar-refractivity contribution in [3.8, 4) is 0 Å². The summed E-state index contributed by atoms with van der Waals surface area (Å²) in [5.74, 6) is -0.540. The highest BCUT2D eigenvalue weighted by atomic mass is 16.4. The molecule has 0 aliphatic heterocycles. The lowest BCUT2D eigenvalue weighted by molar-refractivity contribution is 0.0698. The molecule has 1 aromatic rings. The van der Waals surface area contributed by atoms with E-state index in [0.29, 0.717) is 23.6 Å². The maximum absolute atomic E-state index is 12.0. The number of rotatable bonds is 4. The molecule has 1 aromatic carbocycles. The Morgan fingerprint density at radius 2 is 1.95 bits per heavy atom. The number of carboxylic acid groups (broad SMARTS) is 1. The second-order valence-electron chi connectivity index (χ2n) is 6.53. The van der Waals surface area contributed by atoms with Crippen LogP contribution in [0.4, 0.5) is 10.5 Å². The summed E-state index contributed by atoms with van der Waals surface area (Å²) in [4.78, 5) is 23.2. The van der Waals surface area contributed by atoms with Gasteiger partial charge in [-0.1, -0.05) is 19.9 Å². The number of nitrogens with one attached hydrogen (secondary N) is 2. The first-order chi connectivity index (χ1) is 9.70. The number of anilines is 1. The van der Waals surface area contributed by atoms with Crippen molar-refractivity contribution in [1.29, 1.82) is 0 Å². The molecule has 1 aliphatic carbocycles. The molecule has 0 heterocycles. The third-order valence-corrected chi connectivity index (χ3v) is 4.18. The molecule has 5 nitrogen and oxygen atoms in total. The summed E-state index contributed by atoms with van der Waals surface area (Å²) in [7, 11) is 0. The minimum absolute atomic E-state index is 0.120. The number of aryl methyl sites for hydroxylation is 2. The largest absolute Gasteiger partial charge is 0.478 e. The van der Waals surface area contributed by atoms with Gasteiger partial charge in [-0.2, -0.15) is 0 Å². The van der Waals surface area contributed by atoms with Crippen LogP contribution in [0, 0.1) is 25.2 Å². The summed E-state index contributed by atoms with van der Waals surface area (Å²) in [6.07, 6.45) is 1.11. The molecule has 21 heavy (non-hydrogen) atoms. The number of amides is 2. The van der Waals surface area contributed by atoms with Gasteiger partial charge in [0.25, 0.3) is 0 Å². The normalized spacial score (nSPS) is 19.0. The Labute approximate surface area is 124 Å². The molecule has 1 fully saturated rings. The lowest BCUT2D eigenvalue weighted by atomic mass is 10.0. The molecular formula is C16H22N2O3. The Morgan fingerprint density at radius 3 is 2.48 bits per heavy atom. The fourth-order valence-electron chi connectivity index (χ4n) is 2.60. The fraction of sp³-hybridized carbons (Fsp3) is 0.500. The zero-order valence-electron chi connectivity index (χ0n) is 12.9. The molecule has 1 atom stereocenters. The number of carboxylic acids is 1. The van der Waals surface area contributed by atoms with Crippen LogP contribution in [0.1, 0.15) is 41.8 Å². The average Bonchev–Trinajstić information content (AvgIpc) is 2.97. The minimum atomic E-state index is -1.04. The Balaban J connectivity index is 2.05.